The molecular formula is C13H13Br2NS. The van der Waals surface area contributed by atoms with Gasteiger partial charge < -0.3 is 5.32 Å². The Kier molecular flexibility index (Phi) is 4.79. The fourth-order valence-electron chi connectivity index (χ4n) is 1.57. The van der Waals surface area contributed by atoms with E-state index in [1.165, 1.54) is 14.2 Å². The molecule has 1 N–H and O–H groups in total. The first-order valence-corrected chi connectivity index (χ1v) is 7.78. The molecule has 17 heavy (non-hydrogen) atoms. The molecule has 0 aliphatic rings. The van der Waals surface area contributed by atoms with Gasteiger partial charge in [0.05, 0.1) is 3.79 Å². The van der Waals surface area contributed by atoms with Crippen molar-refractivity contribution >= 4 is 43.2 Å². The molecule has 2 aromatic rings. The maximum Gasteiger partial charge on any atom is 0.0701 e. The van der Waals surface area contributed by atoms with E-state index in [2.05, 4.69) is 80.5 Å². The van der Waals surface area contributed by atoms with Crippen molar-refractivity contribution in [3.8, 4) is 0 Å². The molecule has 0 spiro atoms. The third-order valence-electron chi connectivity index (χ3n) is 2.58. The minimum Gasteiger partial charge on any atom is -0.305 e. The average Bonchev–Trinajstić information content (AvgIpc) is 2.73. The Balaban J connectivity index is 1.93. The van der Waals surface area contributed by atoms with E-state index in [0.29, 0.717) is 6.04 Å². The van der Waals surface area contributed by atoms with Crippen LogP contribution in [0.1, 0.15) is 23.4 Å². The largest absolute Gasteiger partial charge is 0.305 e. The molecule has 0 bridgehead atoms. The first-order valence-electron chi connectivity index (χ1n) is 5.38. The zero-order valence-electron chi connectivity index (χ0n) is 9.41. The molecule has 4 heteroatoms. The Bertz CT molecular complexity index is 478. The number of halogens is 2. The fraction of sp³-hybridized carbons (Fsp3) is 0.231. The van der Waals surface area contributed by atoms with Crippen molar-refractivity contribution in [2.24, 2.45) is 0 Å². The highest BCUT2D eigenvalue weighted by atomic mass is 79.9. The van der Waals surface area contributed by atoms with Gasteiger partial charge in [-0.05, 0) is 52.7 Å². The summed E-state index contributed by atoms with van der Waals surface area (Å²) < 4.78 is 2.31. The second-order valence-electron chi connectivity index (χ2n) is 3.86. The SMILES string of the molecule is C[C@@H](NCc1ccc(Br)s1)c1ccc(Br)cc1. The van der Waals surface area contributed by atoms with Gasteiger partial charge in [0.25, 0.3) is 0 Å². The second kappa shape index (κ2) is 6.14. The summed E-state index contributed by atoms with van der Waals surface area (Å²) in [6, 6.07) is 13.1. The van der Waals surface area contributed by atoms with Crippen molar-refractivity contribution in [1.29, 1.82) is 0 Å². The van der Waals surface area contributed by atoms with E-state index < -0.39 is 0 Å². The summed E-state index contributed by atoms with van der Waals surface area (Å²) in [5.41, 5.74) is 1.31. The summed E-state index contributed by atoms with van der Waals surface area (Å²) in [6.07, 6.45) is 0. The van der Waals surface area contributed by atoms with Crippen molar-refractivity contribution < 1.29 is 0 Å². The maximum atomic E-state index is 3.52. The molecule has 1 aromatic heterocycles. The van der Waals surface area contributed by atoms with Gasteiger partial charge in [-0.15, -0.1) is 11.3 Å². The lowest BCUT2D eigenvalue weighted by atomic mass is 10.1. The van der Waals surface area contributed by atoms with E-state index in [9.17, 15) is 0 Å². The molecule has 0 saturated heterocycles. The van der Waals surface area contributed by atoms with Crippen molar-refractivity contribution in [3.63, 3.8) is 0 Å². The Morgan fingerprint density at radius 1 is 1.12 bits per heavy atom. The summed E-state index contributed by atoms with van der Waals surface area (Å²) in [4.78, 5) is 1.35. The van der Waals surface area contributed by atoms with Gasteiger partial charge in [-0.1, -0.05) is 28.1 Å². The summed E-state index contributed by atoms with van der Waals surface area (Å²) in [7, 11) is 0. The summed E-state index contributed by atoms with van der Waals surface area (Å²) in [5.74, 6) is 0. The third kappa shape index (κ3) is 3.91. The van der Waals surface area contributed by atoms with Crippen LogP contribution in [0.15, 0.2) is 44.7 Å². The van der Waals surface area contributed by atoms with Crippen LogP contribution in [0, 0.1) is 0 Å². The molecule has 0 aliphatic carbocycles. The molecule has 1 heterocycles. The van der Waals surface area contributed by atoms with Crippen LogP contribution in [0.25, 0.3) is 0 Å². The smallest absolute Gasteiger partial charge is 0.0701 e. The Morgan fingerprint density at radius 3 is 2.41 bits per heavy atom. The number of rotatable bonds is 4. The summed E-state index contributed by atoms with van der Waals surface area (Å²) in [5, 5.41) is 3.52. The maximum absolute atomic E-state index is 3.52. The van der Waals surface area contributed by atoms with Crippen LogP contribution in [-0.2, 0) is 6.54 Å². The van der Waals surface area contributed by atoms with Crippen molar-refractivity contribution in [2.45, 2.75) is 19.5 Å². The van der Waals surface area contributed by atoms with Gasteiger partial charge in [-0.25, -0.2) is 0 Å². The van der Waals surface area contributed by atoms with Crippen LogP contribution in [-0.4, -0.2) is 0 Å². The third-order valence-corrected chi connectivity index (χ3v) is 4.73. The molecule has 1 nitrogen and oxygen atoms in total. The molecule has 2 rings (SSSR count). The Morgan fingerprint density at radius 2 is 1.82 bits per heavy atom. The van der Waals surface area contributed by atoms with Gasteiger partial charge in [-0.3, -0.25) is 0 Å². The van der Waals surface area contributed by atoms with Crippen LogP contribution in [0.2, 0.25) is 0 Å². The minimum atomic E-state index is 0.365. The van der Waals surface area contributed by atoms with Crippen LogP contribution in [0.3, 0.4) is 0 Å². The van der Waals surface area contributed by atoms with E-state index in [1.54, 1.807) is 11.3 Å². The Labute approximate surface area is 123 Å². The second-order valence-corrected chi connectivity index (χ2v) is 7.32. The van der Waals surface area contributed by atoms with E-state index in [4.69, 9.17) is 0 Å². The standard InChI is InChI=1S/C13H13Br2NS/c1-9(10-2-4-11(14)5-3-10)16-8-12-6-7-13(15)17-12/h2-7,9,16H,8H2,1H3/t9-/m1/s1. The van der Waals surface area contributed by atoms with E-state index in [1.807, 2.05) is 0 Å². The first kappa shape index (κ1) is 13.3. The quantitative estimate of drug-likeness (QED) is 0.782. The predicted molar refractivity (Wildman–Crippen MR) is 81.4 cm³/mol. The van der Waals surface area contributed by atoms with Crippen LogP contribution >= 0.6 is 43.2 Å². The highest BCUT2D eigenvalue weighted by Gasteiger charge is 2.05. The fourth-order valence-corrected chi connectivity index (χ4v) is 3.27. The molecule has 90 valence electrons. The zero-order chi connectivity index (χ0) is 12.3. The lowest BCUT2D eigenvalue weighted by Crippen LogP contribution is -2.17. The predicted octanol–water partition coefficient (Wildman–Crippen LogP) is 5.12. The molecule has 0 saturated carbocycles. The first-order chi connectivity index (χ1) is 8.15. The van der Waals surface area contributed by atoms with Gasteiger partial charge >= 0.3 is 0 Å². The number of hydrogen-bond donors (Lipinski definition) is 1. The lowest BCUT2D eigenvalue weighted by molar-refractivity contribution is 0.579. The monoisotopic (exact) mass is 373 g/mol. The van der Waals surface area contributed by atoms with Gasteiger partial charge in [0.1, 0.15) is 0 Å². The number of nitrogens with one attached hydrogen (secondary N) is 1. The number of hydrogen-bond acceptors (Lipinski definition) is 2. The van der Waals surface area contributed by atoms with Crippen molar-refractivity contribution in [1.82, 2.24) is 5.32 Å². The van der Waals surface area contributed by atoms with Gasteiger partial charge in [0.15, 0.2) is 0 Å². The van der Waals surface area contributed by atoms with Crippen molar-refractivity contribution in [3.05, 3.63) is 55.1 Å². The lowest BCUT2D eigenvalue weighted by Gasteiger charge is -2.13. The normalized spacial score (nSPS) is 12.6. The van der Waals surface area contributed by atoms with Crippen molar-refractivity contribution in [2.75, 3.05) is 0 Å². The molecule has 1 aromatic carbocycles. The van der Waals surface area contributed by atoms with Gasteiger partial charge in [-0.2, -0.15) is 0 Å². The zero-order valence-corrected chi connectivity index (χ0v) is 13.4. The summed E-state index contributed by atoms with van der Waals surface area (Å²) in [6.45, 7) is 3.10. The highest BCUT2D eigenvalue weighted by Crippen LogP contribution is 2.23. The van der Waals surface area contributed by atoms with Gasteiger partial charge in [0, 0.05) is 21.9 Å². The topological polar surface area (TPSA) is 12.0 Å². The number of benzene rings is 1. The highest BCUT2D eigenvalue weighted by molar-refractivity contribution is 9.11. The summed E-state index contributed by atoms with van der Waals surface area (Å²) >= 11 is 8.70. The van der Waals surface area contributed by atoms with Gasteiger partial charge in [0.2, 0.25) is 0 Å². The molecule has 0 amide bonds. The molecule has 0 aliphatic heterocycles. The molecule has 0 unspecified atom stereocenters. The average molecular weight is 375 g/mol. The minimum absolute atomic E-state index is 0.365. The molecule has 0 fully saturated rings. The molecule has 0 radical (unpaired) electrons. The molecular weight excluding hydrogens is 362 g/mol. The Hall–Kier alpha value is -0.160. The van der Waals surface area contributed by atoms with Crippen LogP contribution < -0.4 is 5.32 Å². The van der Waals surface area contributed by atoms with E-state index >= 15 is 0 Å². The molecule has 1 atom stereocenters. The van der Waals surface area contributed by atoms with E-state index in [0.717, 1.165) is 11.0 Å². The number of thiophene rings is 1. The van der Waals surface area contributed by atoms with Crippen LogP contribution in [0.5, 0.6) is 0 Å². The van der Waals surface area contributed by atoms with E-state index in [-0.39, 0.29) is 0 Å². The van der Waals surface area contributed by atoms with Crippen LogP contribution in [0.4, 0.5) is 0 Å².